The topological polar surface area (TPSA) is 104 Å². The molecular weight excluding hydrogens is 452 g/mol. The van der Waals surface area contributed by atoms with E-state index in [1.807, 2.05) is 66.7 Å². The fourth-order valence-electron chi connectivity index (χ4n) is 3.33. The van der Waals surface area contributed by atoms with Crippen LogP contribution in [-0.4, -0.2) is 33.9 Å². The standard InChI is InChI=1S/C27H36O6S/c1-8-9-33-23(30)13-17-11-19(27(5,6)7)15-21(25(17)32)34-20-14-18(26(2,3)4)10-16(24(20)31)12-22(28)29/h10-11,14-15,31-32H,8-9,12-13H2,1-7H3,(H,28,29). The van der Waals surface area contributed by atoms with E-state index in [-0.39, 0.29) is 35.2 Å². The van der Waals surface area contributed by atoms with Crippen LogP contribution in [0.3, 0.4) is 0 Å². The van der Waals surface area contributed by atoms with E-state index in [2.05, 4.69) is 0 Å². The second-order valence-electron chi connectivity index (χ2n) is 10.5. The lowest BCUT2D eigenvalue weighted by atomic mass is 9.85. The summed E-state index contributed by atoms with van der Waals surface area (Å²) in [7, 11) is 0. The molecule has 0 aliphatic heterocycles. The van der Waals surface area contributed by atoms with Gasteiger partial charge in [-0.15, -0.1) is 0 Å². The van der Waals surface area contributed by atoms with Crippen LogP contribution in [0.1, 0.15) is 77.1 Å². The first-order valence-electron chi connectivity index (χ1n) is 11.4. The van der Waals surface area contributed by atoms with E-state index < -0.39 is 11.9 Å². The molecule has 6 nitrogen and oxygen atoms in total. The zero-order valence-electron chi connectivity index (χ0n) is 21.1. The van der Waals surface area contributed by atoms with Crippen molar-refractivity contribution in [2.24, 2.45) is 0 Å². The van der Waals surface area contributed by atoms with Gasteiger partial charge in [-0.25, -0.2) is 0 Å². The van der Waals surface area contributed by atoms with Gasteiger partial charge in [0.15, 0.2) is 0 Å². The number of carboxylic acids is 1. The Bertz CT molecular complexity index is 1060. The van der Waals surface area contributed by atoms with Gasteiger partial charge >= 0.3 is 11.9 Å². The van der Waals surface area contributed by atoms with E-state index in [1.165, 1.54) is 0 Å². The molecule has 0 unspecified atom stereocenters. The van der Waals surface area contributed by atoms with Crippen molar-refractivity contribution in [2.45, 2.75) is 88.3 Å². The minimum atomic E-state index is -1.04. The Balaban J connectivity index is 2.62. The number of aromatic hydroxyl groups is 2. The van der Waals surface area contributed by atoms with E-state index in [9.17, 15) is 24.9 Å². The summed E-state index contributed by atoms with van der Waals surface area (Å²) >= 11 is 1.16. The molecule has 2 aromatic rings. The molecule has 0 bridgehead atoms. The van der Waals surface area contributed by atoms with Crippen LogP contribution in [0, 0.1) is 0 Å². The number of carboxylic acid groups (broad SMARTS) is 1. The Morgan fingerprint density at radius 3 is 1.65 bits per heavy atom. The lowest BCUT2D eigenvalue weighted by Gasteiger charge is -2.24. The van der Waals surface area contributed by atoms with Gasteiger partial charge in [0.25, 0.3) is 0 Å². The lowest BCUT2D eigenvalue weighted by molar-refractivity contribution is -0.143. The van der Waals surface area contributed by atoms with Crippen molar-refractivity contribution >= 4 is 23.7 Å². The third-order valence-corrected chi connectivity index (χ3v) is 6.47. The van der Waals surface area contributed by atoms with Crippen LogP contribution >= 0.6 is 11.8 Å². The zero-order chi connectivity index (χ0) is 25.8. The fourth-order valence-corrected chi connectivity index (χ4v) is 4.39. The first-order chi connectivity index (χ1) is 15.6. The molecule has 0 aromatic heterocycles. The molecule has 3 N–H and O–H groups in total. The van der Waals surface area contributed by atoms with Crippen molar-refractivity contribution in [1.29, 1.82) is 0 Å². The summed E-state index contributed by atoms with van der Waals surface area (Å²) in [5, 5.41) is 31.2. The van der Waals surface area contributed by atoms with Crippen LogP contribution in [-0.2, 0) is 38.0 Å². The van der Waals surface area contributed by atoms with Crippen molar-refractivity contribution in [3.05, 3.63) is 46.5 Å². The SMILES string of the molecule is CCCOC(=O)Cc1cc(C(C)(C)C)cc(Sc2cc(C(C)(C)C)cc(CC(=O)O)c2O)c1O. The molecule has 0 spiro atoms. The van der Waals surface area contributed by atoms with Crippen LogP contribution < -0.4 is 0 Å². The number of ether oxygens (including phenoxy) is 1. The number of phenolic OH excluding ortho intramolecular Hbond substituents is 2. The molecule has 2 rings (SSSR count). The average molecular weight is 489 g/mol. The number of benzene rings is 2. The average Bonchev–Trinajstić information content (AvgIpc) is 2.70. The van der Waals surface area contributed by atoms with Crippen molar-refractivity contribution in [3.63, 3.8) is 0 Å². The Labute approximate surface area is 206 Å². The molecule has 0 heterocycles. The van der Waals surface area contributed by atoms with Crippen molar-refractivity contribution in [2.75, 3.05) is 6.61 Å². The van der Waals surface area contributed by atoms with Crippen molar-refractivity contribution < 1.29 is 29.6 Å². The molecule has 0 saturated carbocycles. The Hall–Kier alpha value is -2.67. The number of hydrogen-bond acceptors (Lipinski definition) is 6. The molecule has 0 radical (unpaired) electrons. The molecule has 0 amide bonds. The van der Waals surface area contributed by atoms with Crippen LogP contribution in [0.15, 0.2) is 34.1 Å². The van der Waals surface area contributed by atoms with Crippen LogP contribution in [0.25, 0.3) is 0 Å². The molecule has 0 aliphatic rings. The number of carbonyl (C=O) groups excluding carboxylic acids is 1. The van der Waals surface area contributed by atoms with Gasteiger partial charge in [0.1, 0.15) is 11.5 Å². The monoisotopic (exact) mass is 488 g/mol. The summed E-state index contributed by atoms with van der Waals surface area (Å²) < 4.78 is 5.21. The minimum Gasteiger partial charge on any atom is -0.506 e. The minimum absolute atomic E-state index is 0.0493. The molecule has 186 valence electrons. The third-order valence-electron chi connectivity index (χ3n) is 5.40. The molecule has 7 heteroatoms. The van der Waals surface area contributed by atoms with Crippen LogP contribution in [0.4, 0.5) is 0 Å². The Morgan fingerprint density at radius 2 is 1.26 bits per heavy atom. The predicted molar refractivity (Wildman–Crippen MR) is 134 cm³/mol. The summed E-state index contributed by atoms with van der Waals surface area (Å²) in [5.74, 6) is -1.63. The maximum atomic E-state index is 12.3. The molecule has 0 aliphatic carbocycles. The van der Waals surface area contributed by atoms with Gasteiger partial charge in [-0.1, -0.05) is 72.4 Å². The third kappa shape index (κ3) is 7.16. The highest BCUT2D eigenvalue weighted by molar-refractivity contribution is 7.99. The highest BCUT2D eigenvalue weighted by Crippen LogP contribution is 2.45. The van der Waals surface area contributed by atoms with E-state index in [4.69, 9.17) is 4.74 Å². The first-order valence-corrected chi connectivity index (χ1v) is 12.2. The summed E-state index contributed by atoms with van der Waals surface area (Å²) in [6.07, 6.45) is 0.330. The zero-order valence-corrected chi connectivity index (χ0v) is 21.9. The highest BCUT2D eigenvalue weighted by atomic mass is 32.2. The van der Waals surface area contributed by atoms with Gasteiger partial charge in [-0.3, -0.25) is 9.59 Å². The van der Waals surface area contributed by atoms with Crippen molar-refractivity contribution in [3.8, 4) is 11.5 Å². The van der Waals surface area contributed by atoms with E-state index in [0.717, 1.165) is 22.9 Å². The Morgan fingerprint density at radius 1 is 0.824 bits per heavy atom. The van der Waals surface area contributed by atoms with Gasteiger partial charge in [0.2, 0.25) is 0 Å². The first kappa shape index (κ1) is 27.6. The molecule has 34 heavy (non-hydrogen) atoms. The smallest absolute Gasteiger partial charge is 0.310 e. The summed E-state index contributed by atoms with van der Waals surface area (Å²) in [6.45, 7) is 14.4. The maximum absolute atomic E-state index is 12.3. The van der Waals surface area contributed by atoms with Gasteiger partial charge in [-0.05, 0) is 40.5 Å². The molecular formula is C27H36O6S. The highest BCUT2D eigenvalue weighted by Gasteiger charge is 2.24. The largest absolute Gasteiger partial charge is 0.506 e. The second kappa shape index (κ2) is 10.7. The molecule has 0 atom stereocenters. The molecule has 2 aromatic carbocycles. The second-order valence-corrected chi connectivity index (χ2v) is 11.6. The number of esters is 1. The normalized spacial score (nSPS) is 12.0. The van der Waals surface area contributed by atoms with Crippen LogP contribution in [0.5, 0.6) is 11.5 Å². The summed E-state index contributed by atoms with van der Waals surface area (Å²) in [6, 6.07) is 7.20. The number of aliphatic carboxylic acids is 1. The van der Waals surface area contributed by atoms with Crippen molar-refractivity contribution in [1.82, 2.24) is 0 Å². The number of hydrogen-bond donors (Lipinski definition) is 3. The number of phenols is 2. The summed E-state index contributed by atoms with van der Waals surface area (Å²) in [4.78, 5) is 24.6. The van der Waals surface area contributed by atoms with Crippen LogP contribution in [0.2, 0.25) is 0 Å². The van der Waals surface area contributed by atoms with Gasteiger partial charge in [0, 0.05) is 11.1 Å². The number of rotatable bonds is 8. The summed E-state index contributed by atoms with van der Waals surface area (Å²) in [5.41, 5.74) is 2.03. The van der Waals surface area contributed by atoms with Gasteiger partial charge in [0.05, 0.1) is 29.2 Å². The van der Waals surface area contributed by atoms with E-state index >= 15 is 0 Å². The quantitative estimate of drug-likeness (QED) is 0.393. The lowest BCUT2D eigenvalue weighted by Crippen LogP contribution is -2.14. The number of carbonyl (C=O) groups is 2. The van der Waals surface area contributed by atoms with E-state index in [0.29, 0.717) is 33.9 Å². The molecule has 0 fully saturated rings. The van der Waals surface area contributed by atoms with Gasteiger partial charge in [-0.2, -0.15) is 0 Å². The van der Waals surface area contributed by atoms with Gasteiger partial charge < -0.3 is 20.1 Å². The molecule has 0 saturated heterocycles. The fraction of sp³-hybridized carbons (Fsp3) is 0.481. The predicted octanol–water partition coefficient (Wildman–Crippen LogP) is 5.97. The maximum Gasteiger partial charge on any atom is 0.310 e. The van der Waals surface area contributed by atoms with E-state index in [1.54, 1.807) is 6.07 Å². The Kier molecular flexibility index (Phi) is 8.70.